The Bertz CT molecular complexity index is 350. The summed E-state index contributed by atoms with van der Waals surface area (Å²) < 4.78 is 5.85. The first-order valence-corrected chi connectivity index (χ1v) is 6.19. The molecule has 1 aromatic heterocycles. The molecule has 94 valence electrons. The molecule has 0 radical (unpaired) electrons. The van der Waals surface area contributed by atoms with Crippen LogP contribution in [-0.4, -0.2) is 47.7 Å². The molecule has 1 aliphatic heterocycles. The number of rotatable bonds is 4. The van der Waals surface area contributed by atoms with Crippen molar-refractivity contribution in [1.29, 1.82) is 0 Å². The number of ether oxygens (including phenoxy) is 1. The molecule has 0 atom stereocenters. The largest absolute Gasteiger partial charge is 0.473 e. The van der Waals surface area contributed by atoms with Crippen molar-refractivity contribution in [3.8, 4) is 5.88 Å². The maximum Gasteiger partial charge on any atom is 0.234 e. The Morgan fingerprint density at radius 2 is 2.18 bits per heavy atom. The van der Waals surface area contributed by atoms with Crippen molar-refractivity contribution in [3.63, 3.8) is 0 Å². The lowest BCUT2D eigenvalue weighted by molar-refractivity contribution is 0.109. The summed E-state index contributed by atoms with van der Waals surface area (Å²) in [5, 5.41) is 3.13. The number of hydrogen-bond acceptors (Lipinski definition) is 5. The zero-order chi connectivity index (χ0) is 12.1. The first kappa shape index (κ1) is 12.1. The number of nitrogens with one attached hydrogen (secondary N) is 1. The second-order valence-corrected chi connectivity index (χ2v) is 4.39. The Morgan fingerprint density at radius 1 is 1.41 bits per heavy atom. The van der Waals surface area contributed by atoms with Crippen LogP contribution in [0.3, 0.4) is 0 Å². The van der Waals surface area contributed by atoms with E-state index >= 15 is 0 Å². The molecule has 1 N–H and O–H groups in total. The summed E-state index contributed by atoms with van der Waals surface area (Å²) >= 11 is 0. The average Bonchev–Trinajstić information content (AvgIpc) is 2.33. The van der Waals surface area contributed by atoms with Gasteiger partial charge in [-0.25, -0.2) is 0 Å². The van der Waals surface area contributed by atoms with E-state index in [1.54, 1.807) is 12.4 Å². The minimum Gasteiger partial charge on any atom is -0.473 e. The molecule has 0 aliphatic carbocycles. The second kappa shape index (κ2) is 5.82. The van der Waals surface area contributed by atoms with Crippen LogP contribution in [0.2, 0.25) is 0 Å². The third-order valence-electron chi connectivity index (χ3n) is 2.92. The number of aromatic nitrogens is 2. The monoisotopic (exact) mass is 236 g/mol. The fraction of sp³-hybridized carbons (Fsp3) is 0.667. The molecule has 2 rings (SSSR count). The molecule has 1 aliphatic rings. The lowest BCUT2D eigenvalue weighted by Gasteiger charge is -2.28. The molecule has 5 nitrogen and oxygen atoms in total. The Morgan fingerprint density at radius 3 is 2.88 bits per heavy atom. The highest BCUT2D eigenvalue weighted by atomic mass is 16.5. The van der Waals surface area contributed by atoms with E-state index < -0.39 is 0 Å². The molecule has 5 heteroatoms. The minimum atomic E-state index is 0.275. The van der Waals surface area contributed by atoms with E-state index in [2.05, 4.69) is 27.2 Å². The predicted octanol–water partition coefficient (Wildman–Crippen LogP) is 1.38. The standard InChI is InChI=1S/C12H20N4O/c1-3-14-11-8-13-9-12(15-11)17-10-4-6-16(2)7-5-10/h8-10H,3-7H2,1-2H3,(H,14,15). The Kier molecular flexibility index (Phi) is 4.14. The van der Waals surface area contributed by atoms with Gasteiger partial charge >= 0.3 is 0 Å². The molecule has 0 aromatic carbocycles. The molecule has 0 bridgehead atoms. The van der Waals surface area contributed by atoms with E-state index in [9.17, 15) is 0 Å². The van der Waals surface area contributed by atoms with Gasteiger partial charge in [0.05, 0.1) is 12.4 Å². The molecule has 2 heterocycles. The highest BCUT2D eigenvalue weighted by Gasteiger charge is 2.18. The van der Waals surface area contributed by atoms with E-state index in [0.717, 1.165) is 38.3 Å². The predicted molar refractivity (Wildman–Crippen MR) is 67.3 cm³/mol. The molecule has 1 fully saturated rings. The van der Waals surface area contributed by atoms with E-state index in [0.29, 0.717) is 5.88 Å². The molecule has 0 spiro atoms. The fourth-order valence-corrected chi connectivity index (χ4v) is 1.94. The highest BCUT2D eigenvalue weighted by molar-refractivity contribution is 5.32. The summed E-state index contributed by atoms with van der Waals surface area (Å²) in [5.74, 6) is 1.40. The van der Waals surface area contributed by atoms with Crippen LogP contribution >= 0.6 is 0 Å². The summed E-state index contributed by atoms with van der Waals surface area (Å²) in [5.41, 5.74) is 0. The summed E-state index contributed by atoms with van der Waals surface area (Å²) in [6.07, 6.45) is 5.79. The van der Waals surface area contributed by atoms with Gasteiger partial charge in [-0.15, -0.1) is 0 Å². The van der Waals surface area contributed by atoms with Crippen LogP contribution in [0.1, 0.15) is 19.8 Å². The van der Waals surface area contributed by atoms with Crippen molar-refractivity contribution >= 4 is 5.82 Å². The van der Waals surface area contributed by atoms with Crippen molar-refractivity contribution in [2.24, 2.45) is 0 Å². The van der Waals surface area contributed by atoms with Gasteiger partial charge < -0.3 is 15.0 Å². The van der Waals surface area contributed by atoms with Crippen molar-refractivity contribution in [2.75, 3.05) is 32.0 Å². The zero-order valence-corrected chi connectivity index (χ0v) is 10.5. The number of anilines is 1. The average molecular weight is 236 g/mol. The molecule has 0 saturated carbocycles. The van der Waals surface area contributed by atoms with Crippen LogP contribution < -0.4 is 10.1 Å². The summed E-state index contributed by atoms with van der Waals surface area (Å²) in [6.45, 7) is 5.05. The van der Waals surface area contributed by atoms with Gasteiger partial charge in [0.25, 0.3) is 0 Å². The van der Waals surface area contributed by atoms with Crippen molar-refractivity contribution in [1.82, 2.24) is 14.9 Å². The summed E-state index contributed by atoms with van der Waals surface area (Å²) in [7, 11) is 2.14. The van der Waals surface area contributed by atoms with Gasteiger partial charge in [-0.1, -0.05) is 0 Å². The summed E-state index contributed by atoms with van der Waals surface area (Å²) in [6, 6.07) is 0. The Balaban J connectivity index is 1.91. The minimum absolute atomic E-state index is 0.275. The quantitative estimate of drug-likeness (QED) is 0.856. The number of hydrogen-bond donors (Lipinski definition) is 1. The first-order chi connectivity index (χ1) is 8.28. The van der Waals surface area contributed by atoms with Crippen molar-refractivity contribution < 1.29 is 4.74 Å². The van der Waals surface area contributed by atoms with E-state index in [-0.39, 0.29) is 6.10 Å². The zero-order valence-electron chi connectivity index (χ0n) is 10.5. The Hall–Kier alpha value is -1.36. The Labute approximate surface area is 102 Å². The van der Waals surface area contributed by atoms with Crippen LogP contribution in [0.15, 0.2) is 12.4 Å². The van der Waals surface area contributed by atoms with Crippen molar-refractivity contribution in [3.05, 3.63) is 12.4 Å². The van der Waals surface area contributed by atoms with Crippen LogP contribution in [0.25, 0.3) is 0 Å². The van der Waals surface area contributed by atoms with Gasteiger partial charge in [-0.2, -0.15) is 4.98 Å². The maximum atomic E-state index is 5.85. The van der Waals surface area contributed by atoms with Gasteiger partial charge in [0.15, 0.2) is 0 Å². The molecule has 0 unspecified atom stereocenters. The normalized spacial score (nSPS) is 18.0. The van der Waals surface area contributed by atoms with E-state index in [4.69, 9.17) is 4.74 Å². The number of nitrogens with zero attached hydrogens (tertiary/aromatic N) is 3. The van der Waals surface area contributed by atoms with Crippen LogP contribution in [0.5, 0.6) is 5.88 Å². The highest BCUT2D eigenvalue weighted by Crippen LogP contribution is 2.16. The van der Waals surface area contributed by atoms with Gasteiger partial charge in [-0.3, -0.25) is 4.98 Å². The van der Waals surface area contributed by atoms with Crippen LogP contribution in [0, 0.1) is 0 Å². The number of likely N-dealkylation sites (tertiary alicyclic amines) is 1. The van der Waals surface area contributed by atoms with E-state index in [1.165, 1.54) is 0 Å². The maximum absolute atomic E-state index is 5.85. The number of piperidine rings is 1. The fourth-order valence-electron chi connectivity index (χ4n) is 1.94. The van der Waals surface area contributed by atoms with Crippen LogP contribution in [-0.2, 0) is 0 Å². The second-order valence-electron chi connectivity index (χ2n) is 4.39. The summed E-state index contributed by atoms with van der Waals surface area (Å²) in [4.78, 5) is 10.8. The third kappa shape index (κ3) is 3.56. The smallest absolute Gasteiger partial charge is 0.234 e. The molecule has 1 saturated heterocycles. The molecular weight excluding hydrogens is 216 g/mol. The van der Waals surface area contributed by atoms with Gasteiger partial charge in [0.2, 0.25) is 5.88 Å². The third-order valence-corrected chi connectivity index (χ3v) is 2.92. The molecular formula is C12H20N4O. The van der Waals surface area contributed by atoms with Gasteiger partial charge in [0, 0.05) is 19.6 Å². The lowest BCUT2D eigenvalue weighted by atomic mass is 10.1. The SMILES string of the molecule is CCNc1cncc(OC2CCN(C)CC2)n1. The van der Waals surface area contributed by atoms with Crippen molar-refractivity contribution in [2.45, 2.75) is 25.9 Å². The topological polar surface area (TPSA) is 50.3 Å². The molecule has 1 aromatic rings. The molecule has 0 amide bonds. The van der Waals surface area contributed by atoms with Crippen LogP contribution in [0.4, 0.5) is 5.82 Å². The lowest BCUT2D eigenvalue weighted by Crippen LogP contribution is -2.35. The van der Waals surface area contributed by atoms with E-state index in [1.807, 2.05) is 6.92 Å². The molecule has 17 heavy (non-hydrogen) atoms. The van der Waals surface area contributed by atoms with Gasteiger partial charge in [0.1, 0.15) is 11.9 Å². The van der Waals surface area contributed by atoms with Gasteiger partial charge in [-0.05, 0) is 26.8 Å². The first-order valence-electron chi connectivity index (χ1n) is 6.19.